The van der Waals surface area contributed by atoms with Crippen molar-refractivity contribution in [1.29, 1.82) is 0 Å². The first-order valence-corrected chi connectivity index (χ1v) is 6.87. The van der Waals surface area contributed by atoms with Gasteiger partial charge >= 0.3 is 0 Å². The van der Waals surface area contributed by atoms with Crippen LogP contribution in [0.5, 0.6) is 0 Å². The first kappa shape index (κ1) is 14.7. The Morgan fingerprint density at radius 1 is 1.10 bits per heavy atom. The van der Waals surface area contributed by atoms with Crippen molar-refractivity contribution < 1.29 is 0 Å². The molecular weight excluding hydrogens is 250 g/mol. The van der Waals surface area contributed by atoms with Crippen LogP contribution in [-0.4, -0.2) is 25.3 Å². The van der Waals surface area contributed by atoms with Gasteiger partial charge in [0.05, 0.1) is 5.69 Å². The highest BCUT2D eigenvalue weighted by atomic mass is 15.4. The van der Waals surface area contributed by atoms with Gasteiger partial charge in [0.15, 0.2) is 0 Å². The van der Waals surface area contributed by atoms with Crippen LogP contribution >= 0.6 is 0 Å². The number of aryl methyl sites for hydroxylation is 1. The Kier molecular flexibility index (Phi) is 3.90. The summed E-state index contributed by atoms with van der Waals surface area (Å²) in [6.45, 7) is 13.3. The number of aromatic nitrogens is 4. The predicted octanol–water partition coefficient (Wildman–Crippen LogP) is 2.48. The van der Waals surface area contributed by atoms with E-state index in [9.17, 15) is 0 Å². The minimum Gasteiger partial charge on any atom is -0.308 e. The topological polar surface area (TPSA) is 55.6 Å². The van der Waals surface area contributed by atoms with Crippen LogP contribution in [0, 0.1) is 20.8 Å². The third-order valence-electron chi connectivity index (χ3n) is 3.36. The zero-order chi connectivity index (χ0) is 14.9. The molecular formula is C15H23N5. The third kappa shape index (κ3) is 3.22. The van der Waals surface area contributed by atoms with Crippen LogP contribution in [0.4, 0.5) is 0 Å². The van der Waals surface area contributed by atoms with Gasteiger partial charge < -0.3 is 5.32 Å². The van der Waals surface area contributed by atoms with E-state index in [0.29, 0.717) is 5.95 Å². The van der Waals surface area contributed by atoms with E-state index in [4.69, 9.17) is 0 Å². The monoisotopic (exact) mass is 273 g/mol. The molecule has 5 heteroatoms. The van der Waals surface area contributed by atoms with Crippen molar-refractivity contribution >= 4 is 0 Å². The first-order chi connectivity index (χ1) is 9.28. The molecule has 0 saturated carbocycles. The Morgan fingerprint density at radius 2 is 1.70 bits per heavy atom. The summed E-state index contributed by atoms with van der Waals surface area (Å²) >= 11 is 0. The summed E-state index contributed by atoms with van der Waals surface area (Å²) in [4.78, 5) is 8.83. The number of rotatable bonds is 3. The van der Waals surface area contributed by atoms with E-state index in [1.165, 1.54) is 5.56 Å². The van der Waals surface area contributed by atoms with Crippen molar-refractivity contribution in [3.63, 3.8) is 0 Å². The van der Waals surface area contributed by atoms with Gasteiger partial charge in [-0.05, 0) is 47.1 Å². The van der Waals surface area contributed by atoms with Gasteiger partial charge in [-0.15, -0.1) is 0 Å². The molecule has 1 N–H and O–H groups in total. The van der Waals surface area contributed by atoms with Crippen molar-refractivity contribution in [3.05, 3.63) is 34.9 Å². The highest BCUT2D eigenvalue weighted by Gasteiger charge is 2.12. The van der Waals surface area contributed by atoms with Crippen molar-refractivity contribution in [1.82, 2.24) is 25.1 Å². The largest absolute Gasteiger partial charge is 0.308 e. The zero-order valence-corrected chi connectivity index (χ0v) is 13.2. The van der Waals surface area contributed by atoms with Gasteiger partial charge in [-0.1, -0.05) is 0 Å². The molecule has 2 rings (SSSR count). The van der Waals surface area contributed by atoms with Crippen LogP contribution in [0.3, 0.4) is 0 Å². The predicted molar refractivity (Wildman–Crippen MR) is 80.0 cm³/mol. The van der Waals surface area contributed by atoms with E-state index >= 15 is 0 Å². The number of hydrogen-bond acceptors (Lipinski definition) is 4. The summed E-state index contributed by atoms with van der Waals surface area (Å²) in [5, 5.41) is 7.89. The SMILES string of the molecule is Cc1nn(-c2ncc(CNC(C)(C)C)cn2)c(C)c1C. The van der Waals surface area contributed by atoms with Crippen LogP contribution in [0.15, 0.2) is 12.4 Å². The summed E-state index contributed by atoms with van der Waals surface area (Å²) in [5.74, 6) is 0.623. The third-order valence-corrected chi connectivity index (χ3v) is 3.36. The molecule has 2 aromatic heterocycles. The van der Waals surface area contributed by atoms with E-state index in [1.54, 1.807) is 4.68 Å². The fourth-order valence-corrected chi connectivity index (χ4v) is 1.83. The lowest BCUT2D eigenvalue weighted by Crippen LogP contribution is -2.35. The van der Waals surface area contributed by atoms with Gasteiger partial charge in [-0.3, -0.25) is 0 Å². The molecule has 0 amide bonds. The van der Waals surface area contributed by atoms with E-state index < -0.39 is 0 Å². The van der Waals surface area contributed by atoms with Gasteiger partial charge in [0.2, 0.25) is 0 Å². The first-order valence-electron chi connectivity index (χ1n) is 6.87. The molecule has 0 bridgehead atoms. The summed E-state index contributed by atoms with van der Waals surface area (Å²) < 4.78 is 1.80. The molecule has 2 heterocycles. The number of hydrogen-bond donors (Lipinski definition) is 1. The van der Waals surface area contributed by atoms with Crippen LogP contribution in [0.2, 0.25) is 0 Å². The number of nitrogens with one attached hydrogen (secondary N) is 1. The highest BCUT2D eigenvalue weighted by Crippen LogP contribution is 2.14. The van der Waals surface area contributed by atoms with Crippen molar-refractivity contribution in [3.8, 4) is 5.95 Å². The van der Waals surface area contributed by atoms with Crippen molar-refractivity contribution in [2.45, 2.75) is 53.6 Å². The molecule has 0 aliphatic heterocycles. The lowest BCUT2D eigenvalue weighted by molar-refractivity contribution is 0.423. The summed E-state index contributed by atoms with van der Waals surface area (Å²) in [7, 11) is 0. The molecule has 0 aliphatic rings. The lowest BCUT2D eigenvalue weighted by atomic mass is 10.1. The van der Waals surface area contributed by atoms with Gasteiger partial charge in [0, 0.05) is 35.7 Å². The summed E-state index contributed by atoms with van der Waals surface area (Å²) in [6.07, 6.45) is 3.71. The Morgan fingerprint density at radius 3 is 2.15 bits per heavy atom. The van der Waals surface area contributed by atoms with E-state index in [-0.39, 0.29) is 5.54 Å². The maximum absolute atomic E-state index is 4.47. The minimum atomic E-state index is 0.0888. The molecule has 0 fully saturated rings. The minimum absolute atomic E-state index is 0.0888. The second-order valence-electron chi connectivity index (χ2n) is 6.20. The molecule has 0 unspecified atom stereocenters. The van der Waals surface area contributed by atoms with Crippen LogP contribution in [-0.2, 0) is 6.54 Å². The molecule has 0 saturated heterocycles. The van der Waals surface area contributed by atoms with E-state index in [0.717, 1.165) is 23.5 Å². The van der Waals surface area contributed by atoms with Crippen LogP contribution < -0.4 is 5.32 Å². The zero-order valence-electron chi connectivity index (χ0n) is 13.2. The lowest BCUT2D eigenvalue weighted by Gasteiger charge is -2.20. The fourth-order valence-electron chi connectivity index (χ4n) is 1.83. The molecule has 0 radical (unpaired) electrons. The molecule has 2 aromatic rings. The molecule has 0 atom stereocenters. The highest BCUT2D eigenvalue weighted by molar-refractivity contribution is 5.28. The maximum atomic E-state index is 4.47. The standard InChI is InChI=1S/C15H23N5/c1-10-11(2)19-20(12(10)3)14-16-7-13(8-17-14)9-18-15(4,5)6/h7-8,18H,9H2,1-6H3. The van der Waals surface area contributed by atoms with Gasteiger partial charge in [-0.2, -0.15) is 5.10 Å². The van der Waals surface area contributed by atoms with Crippen LogP contribution in [0.1, 0.15) is 43.3 Å². The van der Waals surface area contributed by atoms with E-state index in [1.807, 2.05) is 26.2 Å². The Hall–Kier alpha value is -1.75. The van der Waals surface area contributed by atoms with Crippen LogP contribution in [0.25, 0.3) is 5.95 Å². The summed E-state index contributed by atoms with van der Waals surface area (Å²) in [5.41, 5.74) is 4.45. The average Bonchev–Trinajstić information content (AvgIpc) is 2.64. The normalized spacial score (nSPS) is 11.9. The molecule has 0 spiro atoms. The van der Waals surface area contributed by atoms with E-state index in [2.05, 4.69) is 48.1 Å². The van der Waals surface area contributed by atoms with Gasteiger partial charge in [0.25, 0.3) is 5.95 Å². The second kappa shape index (κ2) is 5.32. The Balaban J connectivity index is 2.18. The second-order valence-corrected chi connectivity index (χ2v) is 6.20. The van der Waals surface area contributed by atoms with Crippen molar-refractivity contribution in [2.75, 3.05) is 0 Å². The molecule has 5 nitrogen and oxygen atoms in total. The molecule has 0 aromatic carbocycles. The van der Waals surface area contributed by atoms with Gasteiger partial charge in [0.1, 0.15) is 0 Å². The number of nitrogens with zero attached hydrogens (tertiary/aromatic N) is 4. The smallest absolute Gasteiger partial charge is 0.250 e. The summed E-state index contributed by atoms with van der Waals surface area (Å²) in [6, 6.07) is 0. The maximum Gasteiger partial charge on any atom is 0.250 e. The fraction of sp³-hybridized carbons (Fsp3) is 0.533. The molecule has 108 valence electrons. The Bertz CT molecular complexity index is 590. The molecule has 20 heavy (non-hydrogen) atoms. The van der Waals surface area contributed by atoms with Crippen molar-refractivity contribution in [2.24, 2.45) is 0 Å². The average molecular weight is 273 g/mol. The van der Waals surface area contributed by atoms with Gasteiger partial charge in [-0.25, -0.2) is 14.6 Å². The Labute approximate surface area is 120 Å². The quantitative estimate of drug-likeness (QED) is 0.933. The molecule has 0 aliphatic carbocycles.